The molecule has 2 aromatic rings. The second-order valence-corrected chi connectivity index (χ2v) is 6.16. The van der Waals surface area contributed by atoms with Crippen molar-refractivity contribution in [3.8, 4) is 0 Å². The molecule has 108 valence electrons. The van der Waals surface area contributed by atoms with E-state index in [1.807, 2.05) is 18.2 Å². The summed E-state index contributed by atoms with van der Waals surface area (Å²) in [5, 5.41) is 0. The van der Waals surface area contributed by atoms with Crippen molar-refractivity contribution in [2.24, 2.45) is 5.92 Å². The Morgan fingerprint density at radius 3 is 2.90 bits per heavy atom. The molecule has 3 rings (SSSR count). The molecule has 1 aliphatic rings. The van der Waals surface area contributed by atoms with Gasteiger partial charge in [-0.15, -0.1) is 0 Å². The minimum atomic E-state index is 0.781. The Hall–Kier alpha value is -1.55. The highest BCUT2D eigenvalue weighted by Gasteiger charge is 2.16. The molecular weight excluding hydrogens is 248 g/mol. The summed E-state index contributed by atoms with van der Waals surface area (Å²) < 4.78 is 0. The van der Waals surface area contributed by atoms with Gasteiger partial charge in [-0.2, -0.15) is 0 Å². The zero-order valence-electron chi connectivity index (χ0n) is 12.2. The number of hydrogen-bond donors (Lipinski definition) is 2. The molecule has 0 saturated heterocycles. The van der Waals surface area contributed by atoms with Crippen molar-refractivity contribution < 1.29 is 0 Å². The number of H-pyrrole nitrogens is 1. The van der Waals surface area contributed by atoms with Gasteiger partial charge in [-0.25, -0.2) is 4.98 Å². The SMILES string of the molecule is CN(Cc1nc2ccc(N)cc2[nH]1)CC1CCCCC1. The number of anilines is 1. The van der Waals surface area contributed by atoms with E-state index in [0.717, 1.165) is 35.0 Å². The molecule has 1 aromatic heterocycles. The predicted molar refractivity (Wildman–Crippen MR) is 83.4 cm³/mol. The van der Waals surface area contributed by atoms with Crippen LogP contribution in [0.1, 0.15) is 37.9 Å². The van der Waals surface area contributed by atoms with Crippen molar-refractivity contribution in [2.45, 2.75) is 38.6 Å². The lowest BCUT2D eigenvalue weighted by Crippen LogP contribution is -2.27. The number of benzene rings is 1. The molecule has 0 spiro atoms. The quantitative estimate of drug-likeness (QED) is 0.841. The topological polar surface area (TPSA) is 57.9 Å². The molecule has 1 aliphatic carbocycles. The summed E-state index contributed by atoms with van der Waals surface area (Å²) in [5.41, 5.74) is 8.61. The number of imidazole rings is 1. The van der Waals surface area contributed by atoms with Crippen molar-refractivity contribution in [1.29, 1.82) is 0 Å². The monoisotopic (exact) mass is 272 g/mol. The van der Waals surface area contributed by atoms with Crippen LogP contribution in [0.5, 0.6) is 0 Å². The fourth-order valence-electron chi connectivity index (χ4n) is 3.29. The van der Waals surface area contributed by atoms with Gasteiger partial charge in [-0.1, -0.05) is 19.3 Å². The summed E-state index contributed by atoms with van der Waals surface area (Å²) in [6, 6.07) is 5.83. The maximum atomic E-state index is 5.80. The number of rotatable bonds is 4. The van der Waals surface area contributed by atoms with E-state index < -0.39 is 0 Å². The van der Waals surface area contributed by atoms with E-state index >= 15 is 0 Å². The molecule has 0 aliphatic heterocycles. The first-order chi connectivity index (χ1) is 9.70. The summed E-state index contributed by atoms with van der Waals surface area (Å²) in [5.74, 6) is 1.90. The lowest BCUT2D eigenvalue weighted by molar-refractivity contribution is 0.225. The number of nitrogens with one attached hydrogen (secondary N) is 1. The molecule has 0 radical (unpaired) electrons. The Morgan fingerprint density at radius 1 is 1.30 bits per heavy atom. The van der Waals surface area contributed by atoms with E-state index in [-0.39, 0.29) is 0 Å². The fourth-order valence-corrected chi connectivity index (χ4v) is 3.29. The van der Waals surface area contributed by atoms with Gasteiger partial charge < -0.3 is 10.7 Å². The Morgan fingerprint density at radius 2 is 2.10 bits per heavy atom. The third-order valence-corrected chi connectivity index (χ3v) is 4.27. The van der Waals surface area contributed by atoms with Crippen LogP contribution in [0.4, 0.5) is 5.69 Å². The number of nitrogens with zero attached hydrogens (tertiary/aromatic N) is 2. The second kappa shape index (κ2) is 5.83. The number of nitrogens with two attached hydrogens (primary N) is 1. The van der Waals surface area contributed by atoms with Crippen LogP contribution in [0.25, 0.3) is 11.0 Å². The molecule has 0 bridgehead atoms. The van der Waals surface area contributed by atoms with Gasteiger partial charge in [0.05, 0.1) is 17.6 Å². The summed E-state index contributed by atoms with van der Waals surface area (Å²) in [4.78, 5) is 10.4. The third-order valence-electron chi connectivity index (χ3n) is 4.27. The molecule has 1 aromatic carbocycles. The van der Waals surface area contributed by atoms with Gasteiger partial charge in [0, 0.05) is 12.2 Å². The normalized spacial score (nSPS) is 17.1. The maximum Gasteiger partial charge on any atom is 0.121 e. The van der Waals surface area contributed by atoms with Gasteiger partial charge in [0.25, 0.3) is 0 Å². The Bertz CT molecular complexity index is 569. The average molecular weight is 272 g/mol. The highest BCUT2D eigenvalue weighted by atomic mass is 15.1. The first-order valence-electron chi connectivity index (χ1n) is 7.63. The van der Waals surface area contributed by atoms with E-state index in [1.54, 1.807) is 0 Å². The Kier molecular flexibility index (Phi) is 3.92. The standard InChI is InChI=1S/C16H24N4/c1-20(10-12-5-3-2-4-6-12)11-16-18-14-8-7-13(17)9-15(14)19-16/h7-9,12H,2-6,10-11,17H2,1H3,(H,18,19). The van der Waals surface area contributed by atoms with Crippen LogP contribution in [-0.2, 0) is 6.54 Å². The van der Waals surface area contributed by atoms with E-state index in [0.29, 0.717) is 0 Å². The van der Waals surface area contributed by atoms with Gasteiger partial charge in [-0.05, 0) is 44.0 Å². The van der Waals surface area contributed by atoms with E-state index in [9.17, 15) is 0 Å². The summed E-state index contributed by atoms with van der Waals surface area (Å²) in [6.45, 7) is 2.06. The summed E-state index contributed by atoms with van der Waals surface area (Å²) >= 11 is 0. The first kappa shape index (κ1) is 13.4. The van der Waals surface area contributed by atoms with Crippen LogP contribution in [0.3, 0.4) is 0 Å². The number of nitrogen functional groups attached to an aromatic ring is 1. The highest BCUT2D eigenvalue weighted by molar-refractivity contribution is 5.78. The van der Waals surface area contributed by atoms with Crippen LogP contribution in [0.15, 0.2) is 18.2 Å². The lowest BCUT2D eigenvalue weighted by Gasteiger charge is -2.26. The molecule has 4 heteroatoms. The van der Waals surface area contributed by atoms with E-state index in [2.05, 4.69) is 21.9 Å². The zero-order chi connectivity index (χ0) is 13.9. The minimum absolute atomic E-state index is 0.781. The third kappa shape index (κ3) is 3.12. The van der Waals surface area contributed by atoms with Crippen LogP contribution in [0.2, 0.25) is 0 Å². The van der Waals surface area contributed by atoms with Crippen molar-refractivity contribution in [2.75, 3.05) is 19.3 Å². The van der Waals surface area contributed by atoms with Gasteiger partial charge in [0.2, 0.25) is 0 Å². The molecular formula is C16H24N4. The molecule has 20 heavy (non-hydrogen) atoms. The van der Waals surface area contributed by atoms with E-state index in [4.69, 9.17) is 5.73 Å². The van der Waals surface area contributed by atoms with Crippen LogP contribution in [0, 0.1) is 5.92 Å². The molecule has 0 amide bonds. The molecule has 1 fully saturated rings. The molecule has 3 N–H and O–H groups in total. The van der Waals surface area contributed by atoms with Crippen molar-refractivity contribution >= 4 is 16.7 Å². The number of fused-ring (bicyclic) bond motifs is 1. The molecule has 0 atom stereocenters. The largest absolute Gasteiger partial charge is 0.399 e. The first-order valence-corrected chi connectivity index (χ1v) is 7.63. The molecule has 4 nitrogen and oxygen atoms in total. The van der Waals surface area contributed by atoms with Crippen molar-refractivity contribution in [3.05, 3.63) is 24.0 Å². The number of aromatic nitrogens is 2. The van der Waals surface area contributed by atoms with E-state index in [1.165, 1.54) is 38.6 Å². The molecule has 1 heterocycles. The average Bonchev–Trinajstić information content (AvgIpc) is 2.80. The van der Waals surface area contributed by atoms with Gasteiger partial charge in [0.15, 0.2) is 0 Å². The van der Waals surface area contributed by atoms with Crippen LogP contribution >= 0.6 is 0 Å². The van der Waals surface area contributed by atoms with Crippen LogP contribution in [-0.4, -0.2) is 28.5 Å². The fraction of sp³-hybridized carbons (Fsp3) is 0.562. The Labute approximate surface area is 120 Å². The van der Waals surface area contributed by atoms with Crippen molar-refractivity contribution in [3.63, 3.8) is 0 Å². The molecule has 0 unspecified atom stereocenters. The number of aromatic amines is 1. The molecule has 1 saturated carbocycles. The second-order valence-electron chi connectivity index (χ2n) is 6.16. The maximum absolute atomic E-state index is 5.80. The lowest BCUT2D eigenvalue weighted by atomic mass is 9.89. The summed E-state index contributed by atoms with van der Waals surface area (Å²) in [7, 11) is 2.19. The predicted octanol–water partition coefficient (Wildman–Crippen LogP) is 3.16. The highest BCUT2D eigenvalue weighted by Crippen LogP contribution is 2.24. The Balaban J connectivity index is 1.63. The van der Waals surface area contributed by atoms with Gasteiger partial charge in [0.1, 0.15) is 5.82 Å². The van der Waals surface area contributed by atoms with Crippen LogP contribution < -0.4 is 5.73 Å². The zero-order valence-corrected chi connectivity index (χ0v) is 12.2. The van der Waals surface area contributed by atoms with Gasteiger partial charge >= 0.3 is 0 Å². The van der Waals surface area contributed by atoms with Gasteiger partial charge in [-0.3, -0.25) is 4.90 Å². The van der Waals surface area contributed by atoms with Crippen molar-refractivity contribution in [1.82, 2.24) is 14.9 Å². The smallest absolute Gasteiger partial charge is 0.121 e. The number of hydrogen-bond acceptors (Lipinski definition) is 3. The minimum Gasteiger partial charge on any atom is -0.399 e. The summed E-state index contributed by atoms with van der Waals surface area (Å²) in [6.07, 6.45) is 7.01.